The number of nitrogens with two attached hydrogens (primary N) is 2. The summed E-state index contributed by atoms with van der Waals surface area (Å²) in [5, 5.41) is 1.03. The van der Waals surface area contributed by atoms with Gasteiger partial charge in [-0.1, -0.05) is 23.2 Å². The van der Waals surface area contributed by atoms with Crippen molar-refractivity contribution >= 4 is 40.1 Å². The molecule has 1 atom stereocenters. The molecule has 0 aliphatic heterocycles. The minimum absolute atomic E-state index is 0.0234. The monoisotopic (exact) mass is 300 g/mol. The van der Waals surface area contributed by atoms with Gasteiger partial charge in [0.2, 0.25) is 5.91 Å². The van der Waals surface area contributed by atoms with E-state index in [4.69, 9.17) is 39.1 Å². The normalized spacial score (nSPS) is 12.6. The summed E-state index contributed by atoms with van der Waals surface area (Å²) in [7, 11) is 0. The zero-order valence-electron chi connectivity index (χ0n) is 9.65. The van der Waals surface area contributed by atoms with Crippen molar-refractivity contribution in [3.63, 3.8) is 0 Å². The van der Waals surface area contributed by atoms with Crippen molar-refractivity contribution in [2.75, 3.05) is 0 Å². The van der Waals surface area contributed by atoms with Crippen LogP contribution in [0, 0.1) is 0 Å². The lowest BCUT2D eigenvalue weighted by Gasteiger charge is -2.11. The molecule has 19 heavy (non-hydrogen) atoms. The molecule has 0 saturated carbocycles. The van der Waals surface area contributed by atoms with Crippen LogP contribution in [0.25, 0.3) is 11.0 Å². The molecule has 0 spiro atoms. The summed E-state index contributed by atoms with van der Waals surface area (Å²) in [6.45, 7) is 0. The van der Waals surface area contributed by atoms with Gasteiger partial charge in [0.25, 0.3) is 0 Å². The third-order valence-electron chi connectivity index (χ3n) is 2.63. The molecule has 7 heteroatoms. The SMILES string of the molecule is NC(=O)CC(N)c1c(Cl)c2cc(Cl)ccc2oc1=O. The van der Waals surface area contributed by atoms with E-state index in [-0.39, 0.29) is 17.0 Å². The van der Waals surface area contributed by atoms with Crippen molar-refractivity contribution in [1.82, 2.24) is 0 Å². The fraction of sp³-hybridized carbons (Fsp3) is 0.167. The van der Waals surface area contributed by atoms with Crippen LogP contribution in [0.15, 0.2) is 27.4 Å². The molecular weight excluding hydrogens is 291 g/mol. The lowest BCUT2D eigenvalue weighted by Crippen LogP contribution is -2.25. The second-order valence-electron chi connectivity index (χ2n) is 4.03. The van der Waals surface area contributed by atoms with E-state index in [0.717, 1.165) is 0 Å². The van der Waals surface area contributed by atoms with E-state index in [9.17, 15) is 9.59 Å². The molecule has 1 amide bonds. The van der Waals surface area contributed by atoms with Crippen molar-refractivity contribution in [2.45, 2.75) is 12.5 Å². The first kappa shape index (κ1) is 13.9. The number of fused-ring (bicyclic) bond motifs is 1. The van der Waals surface area contributed by atoms with Gasteiger partial charge >= 0.3 is 5.63 Å². The number of hydrogen-bond donors (Lipinski definition) is 2. The van der Waals surface area contributed by atoms with Gasteiger partial charge in [-0.25, -0.2) is 4.79 Å². The summed E-state index contributed by atoms with van der Waals surface area (Å²) in [4.78, 5) is 22.7. The third-order valence-corrected chi connectivity index (χ3v) is 3.27. The molecule has 4 N–H and O–H groups in total. The van der Waals surface area contributed by atoms with Crippen LogP contribution in [0.3, 0.4) is 0 Å². The van der Waals surface area contributed by atoms with Gasteiger partial charge in [-0.3, -0.25) is 4.79 Å². The maximum atomic E-state index is 11.8. The van der Waals surface area contributed by atoms with E-state index in [1.54, 1.807) is 12.1 Å². The van der Waals surface area contributed by atoms with E-state index < -0.39 is 17.6 Å². The number of amides is 1. The average molecular weight is 301 g/mol. The molecule has 0 fully saturated rings. The molecule has 0 radical (unpaired) electrons. The fourth-order valence-electron chi connectivity index (χ4n) is 1.79. The highest BCUT2D eigenvalue weighted by Gasteiger charge is 2.20. The Hall–Kier alpha value is -1.56. The molecule has 0 saturated heterocycles. The number of halogens is 2. The Balaban J connectivity index is 2.67. The Morgan fingerprint density at radius 2 is 2.05 bits per heavy atom. The Morgan fingerprint density at radius 1 is 1.37 bits per heavy atom. The average Bonchev–Trinajstić information content (AvgIpc) is 2.29. The van der Waals surface area contributed by atoms with Crippen molar-refractivity contribution in [2.24, 2.45) is 11.5 Å². The Bertz CT molecular complexity index is 712. The summed E-state index contributed by atoms with van der Waals surface area (Å²) in [6.07, 6.45) is -0.198. The molecule has 2 aromatic rings. The molecule has 100 valence electrons. The predicted molar refractivity (Wildman–Crippen MR) is 73.2 cm³/mol. The van der Waals surface area contributed by atoms with Crippen LogP contribution in [0.4, 0.5) is 0 Å². The number of benzene rings is 1. The van der Waals surface area contributed by atoms with Gasteiger partial charge in [-0.2, -0.15) is 0 Å². The largest absolute Gasteiger partial charge is 0.422 e. The summed E-state index contributed by atoms with van der Waals surface area (Å²) < 4.78 is 5.10. The fourth-order valence-corrected chi connectivity index (χ4v) is 2.32. The van der Waals surface area contributed by atoms with Crippen molar-refractivity contribution < 1.29 is 9.21 Å². The van der Waals surface area contributed by atoms with Gasteiger partial charge in [0.15, 0.2) is 0 Å². The highest BCUT2D eigenvalue weighted by Crippen LogP contribution is 2.30. The number of carbonyl (C=O) groups is 1. The van der Waals surface area contributed by atoms with Crippen LogP contribution >= 0.6 is 23.2 Å². The van der Waals surface area contributed by atoms with Crippen molar-refractivity contribution in [3.05, 3.63) is 44.2 Å². The maximum Gasteiger partial charge on any atom is 0.342 e. The first-order valence-electron chi connectivity index (χ1n) is 5.35. The molecule has 1 unspecified atom stereocenters. The van der Waals surface area contributed by atoms with Crippen LogP contribution in [0.5, 0.6) is 0 Å². The molecule has 2 rings (SSSR count). The lowest BCUT2D eigenvalue weighted by molar-refractivity contribution is -0.118. The van der Waals surface area contributed by atoms with E-state index in [1.165, 1.54) is 6.07 Å². The molecule has 0 aliphatic rings. The third kappa shape index (κ3) is 2.73. The molecule has 5 nitrogen and oxygen atoms in total. The minimum atomic E-state index is -0.912. The van der Waals surface area contributed by atoms with E-state index in [2.05, 4.69) is 0 Å². The summed E-state index contributed by atoms with van der Waals surface area (Å²) in [5.74, 6) is -0.630. The Morgan fingerprint density at radius 3 is 2.68 bits per heavy atom. The van der Waals surface area contributed by atoms with E-state index >= 15 is 0 Å². The molecule has 0 aliphatic carbocycles. The zero-order valence-corrected chi connectivity index (χ0v) is 11.2. The number of hydrogen-bond acceptors (Lipinski definition) is 4. The smallest absolute Gasteiger partial charge is 0.342 e. The summed E-state index contributed by atoms with van der Waals surface area (Å²) in [5.41, 5.74) is 10.4. The standard InChI is InChI=1S/C12H10Cl2N2O3/c13-5-1-2-8-6(3-5)11(14)10(12(18)19-8)7(15)4-9(16)17/h1-3,7H,4,15H2,(H2,16,17). The number of carbonyl (C=O) groups excluding carboxylic acids is 1. The van der Waals surface area contributed by atoms with Crippen LogP contribution in [0.2, 0.25) is 10.0 Å². The minimum Gasteiger partial charge on any atom is -0.422 e. The van der Waals surface area contributed by atoms with Crippen molar-refractivity contribution in [3.8, 4) is 0 Å². The van der Waals surface area contributed by atoms with Crippen molar-refractivity contribution in [1.29, 1.82) is 0 Å². The predicted octanol–water partition coefficient (Wildman–Crippen LogP) is 1.98. The molecule has 1 heterocycles. The first-order chi connectivity index (χ1) is 8.90. The summed E-state index contributed by atoms with van der Waals surface area (Å²) in [6, 6.07) is 3.76. The molecule has 0 bridgehead atoms. The second-order valence-corrected chi connectivity index (χ2v) is 4.85. The summed E-state index contributed by atoms with van der Waals surface area (Å²) >= 11 is 12.0. The Labute approximate surface area is 118 Å². The second kappa shape index (κ2) is 5.21. The van der Waals surface area contributed by atoms with Gasteiger partial charge in [0.1, 0.15) is 5.58 Å². The van der Waals surface area contributed by atoms with Gasteiger partial charge in [-0.15, -0.1) is 0 Å². The zero-order chi connectivity index (χ0) is 14.2. The van der Waals surface area contributed by atoms with Gasteiger partial charge in [-0.05, 0) is 18.2 Å². The van der Waals surface area contributed by atoms with Gasteiger partial charge in [0.05, 0.1) is 10.6 Å². The van der Waals surface area contributed by atoms with Crippen LogP contribution in [-0.4, -0.2) is 5.91 Å². The van der Waals surface area contributed by atoms with E-state index in [1.807, 2.05) is 0 Å². The van der Waals surface area contributed by atoms with Gasteiger partial charge in [0, 0.05) is 22.9 Å². The highest BCUT2D eigenvalue weighted by molar-refractivity contribution is 6.37. The number of rotatable bonds is 3. The lowest BCUT2D eigenvalue weighted by atomic mass is 10.0. The first-order valence-corrected chi connectivity index (χ1v) is 6.11. The quantitative estimate of drug-likeness (QED) is 0.846. The molecular formula is C12H10Cl2N2O3. The van der Waals surface area contributed by atoms with Crippen LogP contribution < -0.4 is 17.1 Å². The van der Waals surface area contributed by atoms with Crippen LogP contribution in [-0.2, 0) is 4.79 Å². The number of primary amides is 1. The van der Waals surface area contributed by atoms with E-state index in [0.29, 0.717) is 16.0 Å². The Kier molecular flexibility index (Phi) is 3.80. The van der Waals surface area contributed by atoms with Crippen LogP contribution in [0.1, 0.15) is 18.0 Å². The molecule has 1 aromatic carbocycles. The van der Waals surface area contributed by atoms with Gasteiger partial charge < -0.3 is 15.9 Å². The maximum absolute atomic E-state index is 11.8. The topological polar surface area (TPSA) is 99.3 Å². The highest BCUT2D eigenvalue weighted by atomic mass is 35.5. The molecule has 1 aromatic heterocycles.